The predicted molar refractivity (Wildman–Crippen MR) is 57.2 cm³/mol. The molecule has 0 saturated heterocycles. The summed E-state index contributed by atoms with van der Waals surface area (Å²) in [6.45, 7) is 4.90. The first kappa shape index (κ1) is 12.2. The van der Waals surface area contributed by atoms with E-state index >= 15 is 0 Å². The third kappa shape index (κ3) is 2.21. The van der Waals surface area contributed by atoms with Crippen LogP contribution in [0.2, 0.25) is 0 Å². The number of aryl methyl sites for hydroxylation is 2. The molecule has 0 radical (unpaired) electrons. The number of amides is 1. The second-order valence-corrected chi connectivity index (χ2v) is 3.70. The molecule has 1 atom stereocenters. The molecule has 2 N–H and O–H groups in total. The maximum Gasteiger partial charge on any atom is 0.325 e. The summed E-state index contributed by atoms with van der Waals surface area (Å²) in [6, 6.07) is -0.911. The van der Waals surface area contributed by atoms with Gasteiger partial charge in [0.1, 0.15) is 6.04 Å². The molecule has 1 aromatic rings. The van der Waals surface area contributed by atoms with Crippen molar-refractivity contribution in [1.82, 2.24) is 15.1 Å². The maximum absolute atomic E-state index is 11.8. The van der Waals surface area contributed by atoms with Crippen LogP contribution in [0.4, 0.5) is 0 Å². The molecule has 1 unspecified atom stereocenters. The number of hydrogen-bond acceptors (Lipinski definition) is 3. The van der Waals surface area contributed by atoms with Crippen molar-refractivity contribution in [2.45, 2.75) is 26.8 Å². The Balaban J connectivity index is 2.93. The van der Waals surface area contributed by atoms with Crippen molar-refractivity contribution in [2.75, 3.05) is 0 Å². The maximum atomic E-state index is 11.8. The fraction of sp³-hybridized carbons (Fsp3) is 0.500. The van der Waals surface area contributed by atoms with E-state index in [0.29, 0.717) is 17.0 Å². The van der Waals surface area contributed by atoms with Gasteiger partial charge >= 0.3 is 5.97 Å². The zero-order valence-corrected chi connectivity index (χ0v) is 9.74. The molecule has 0 aromatic carbocycles. The quantitative estimate of drug-likeness (QED) is 0.771. The molecule has 0 aliphatic rings. The lowest BCUT2D eigenvalue weighted by atomic mass is 10.1. The Bertz CT molecular complexity index is 437. The molecule has 0 fully saturated rings. The van der Waals surface area contributed by atoms with Crippen LogP contribution in [0.25, 0.3) is 0 Å². The van der Waals surface area contributed by atoms with E-state index in [1.165, 1.54) is 6.92 Å². The van der Waals surface area contributed by atoms with Gasteiger partial charge in [-0.1, -0.05) is 0 Å². The molecule has 0 saturated carbocycles. The summed E-state index contributed by atoms with van der Waals surface area (Å²) >= 11 is 0. The van der Waals surface area contributed by atoms with Crippen molar-refractivity contribution in [2.24, 2.45) is 7.05 Å². The molecule has 6 nitrogen and oxygen atoms in total. The molecule has 6 heteroatoms. The fourth-order valence-corrected chi connectivity index (χ4v) is 1.43. The summed E-state index contributed by atoms with van der Waals surface area (Å²) in [5, 5.41) is 15.2. The van der Waals surface area contributed by atoms with E-state index < -0.39 is 17.9 Å². The summed E-state index contributed by atoms with van der Waals surface area (Å²) in [5.74, 6) is -1.47. The second-order valence-electron chi connectivity index (χ2n) is 3.70. The number of rotatable bonds is 3. The number of nitrogens with zero attached hydrogens (tertiary/aromatic N) is 2. The number of carboxylic acid groups (broad SMARTS) is 1. The van der Waals surface area contributed by atoms with Crippen LogP contribution in [0.3, 0.4) is 0 Å². The first-order valence-corrected chi connectivity index (χ1v) is 4.88. The molecule has 1 heterocycles. The van der Waals surface area contributed by atoms with Crippen LogP contribution in [-0.4, -0.2) is 32.8 Å². The van der Waals surface area contributed by atoms with Gasteiger partial charge in [0.05, 0.1) is 11.3 Å². The number of aliphatic carboxylic acids is 1. The molecule has 0 aliphatic carbocycles. The van der Waals surface area contributed by atoms with Gasteiger partial charge in [-0.2, -0.15) is 5.10 Å². The smallest absolute Gasteiger partial charge is 0.325 e. The van der Waals surface area contributed by atoms with Gasteiger partial charge in [-0.3, -0.25) is 14.3 Å². The van der Waals surface area contributed by atoms with Crippen LogP contribution in [-0.2, 0) is 11.8 Å². The van der Waals surface area contributed by atoms with Gasteiger partial charge in [-0.05, 0) is 20.8 Å². The van der Waals surface area contributed by atoms with Gasteiger partial charge in [0.25, 0.3) is 5.91 Å². The number of carboxylic acids is 1. The third-order valence-corrected chi connectivity index (χ3v) is 2.45. The highest BCUT2D eigenvalue weighted by atomic mass is 16.4. The topological polar surface area (TPSA) is 84.2 Å². The summed E-state index contributed by atoms with van der Waals surface area (Å²) < 4.78 is 1.59. The number of aromatic nitrogens is 2. The molecule has 16 heavy (non-hydrogen) atoms. The molecule has 0 aliphatic heterocycles. The fourth-order valence-electron chi connectivity index (χ4n) is 1.43. The minimum absolute atomic E-state index is 0.405. The zero-order valence-electron chi connectivity index (χ0n) is 9.74. The first-order chi connectivity index (χ1) is 7.34. The number of nitrogens with one attached hydrogen (secondary N) is 1. The van der Waals surface area contributed by atoms with Crippen LogP contribution in [0.5, 0.6) is 0 Å². The van der Waals surface area contributed by atoms with Gasteiger partial charge in [-0.25, -0.2) is 0 Å². The molecule has 1 rings (SSSR count). The van der Waals surface area contributed by atoms with E-state index in [1.807, 2.05) is 0 Å². The minimum atomic E-state index is -1.06. The van der Waals surface area contributed by atoms with E-state index in [4.69, 9.17) is 5.11 Å². The number of hydrogen-bond donors (Lipinski definition) is 2. The Kier molecular flexibility index (Phi) is 3.31. The van der Waals surface area contributed by atoms with Gasteiger partial charge < -0.3 is 10.4 Å². The highest BCUT2D eigenvalue weighted by molar-refractivity contribution is 5.98. The molecule has 1 aromatic heterocycles. The number of carbonyl (C=O) groups excluding carboxylic acids is 1. The highest BCUT2D eigenvalue weighted by Crippen LogP contribution is 2.11. The molecule has 88 valence electrons. The lowest BCUT2D eigenvalue weighted by Crippen LogP contribution is -2.38. The van der Waals surface area contributed by atoms with Crippen molar-refractivity contribution in [1.29, 1.82) is 0 Å². The lowest BCUT2D eigenvalue weighted by molar-refractivity contribution is -0.138. The van der Waals surface area contributed by atoms with Crippen molar-refractivity contribution in [3.05, 3.63) is 17.0 Å². The van der Waals surface area contributed by atoms with Gasteiger partial charge in [-0.15, -0.1) is 0 Å². The van der Waals surface area contributed by atoms with Crippen LogP contribution in [0.1, 0.15) is 28.7 Å². The van der Waals surface area contributed by atoms with Gasteiger partial charge in [0.2, 0.25) is 0 Å². The van der Waals surface area contributed by atoms with Gasteiger partial charge in [0, 0.05) is 12.7 Å². The Morgan fingerprint density at radius 1 is 1.44 bits per heavy atom. The summed E-state index contributed by atoms with van der Waals surface area (Å²) in [7, 11) is 1.74. The van der Waals surface area contributed by atoms with Gasteiger partial charge in [0.15, 0.2) is 0 Å². The summed E-state index contributed by atoms with van der Waals surface area (Å²) in [6.07, 6.45) is 0. The van der Waals surface area contributed by atoms with Crippen LogP contribution in [0.15, 0.2) is 0 Å². The van der Waals surface area contributed by atoms with E-state index in [9.17, 15) is 9.59 Å². The standard InChI is InChI=1S/C10H15N3O3/c1-5-8(7(3)13(4)12-5)9(14)11-6(2)10(15)16/h6H,1-4H3,(H,11,14)(H,15,16). The minimum Gasteiger partial charge on any atom is -0.480 e. The first-order valence-electron chi connectivity index (χ1n) is 4.88. The van der Waals surface area contributed by atoms with E-state index in [1.54, 1.807) is 25.6 Å². The molecular weight excluding hydrogens is 210 g/mol. The van der Waals surface area contributed by atoms with E-state index in [-0.39, 0.29) is 0 Å². The Morgan fingerprint density at radius 3 is 2.38 bits per heavy atom. The summed E-state index contributed by atoms with van der Waals surface area (Å²) in [5.41, 5.74) is 1.75. The van der Waals surface area contributed by atoms with E-state index in [0.717, 1.165) is 0 Å². The average Bonchev–Trinajstić information content (AvgIpc) is 2.40. The zero-order chi connectivity index (χ0) is 12.5. The summed E-state index contributed by atoms with van der Waals surface area (Å²) in [4.78, 5) is 22.4. The Labute approximate surface area is 93.3 Å². The monoisotopic (exact) mass is 225 g/mol. The Hall–Kier alpha value is -1.85. The lowest BCUT2D eigenvalue weighted by Gasteiger charge is -2.09. The third-order valence-electron chi connectivity index (χ3n) is 2.45. The molecule has 1 amide bonds. The van der Waals surface area contributed by atoms with Crippen LogP contribution < -0.4 is 5.32 Å². The van der Waals surface area contributed by atoms with Crippen LogP contribution in [0, 0.1) is 13.8 Å². The normalized spacial score (nSPS) is 12.2. The van der Waals surface area contributed by atoms with Crippen molar-refractivity contribution in [3.63, 3.8) is 0 Å². The average molecular weight is 225 g/mol. The van der Waals surface area contributed by atoms with Crippen molar-refractivity contribution >= 4 is 11.9 Å². The molecular formula is C10H15N3O3. The highest BCUT2D eigenvalue weighted by Gasteiger charge is 2.21. The Morgan fingerprint density at radius 2 is 2.00 bits per heavy atom. The number of carbonyl (C=O) groups is 2. The molecule has 0 spiro atoms. The van der Waals surface area contributed by atoms with Crippen molar-refractivity contribution in [3.8, 4) is 0 Å². The van der Waals surface area contributed by atoms with Crippen LogP contribution >= 0.6 is 0 Å². The second kappa shape index (κ2) is 4.34. The SMILES string of the molecule is Cc1nn(C)c(C)c1C(=O)NC(C)C(=O)O. The molecule has 0 bridgehead atoms. The van der Waals surface area contributed by atoms with Crippen molar-refractivity contribution < 1.29 is 14.7 Å². The predicted octanol–water partition coefficient (Wildman–Crippen LogP) is 0.240. The van der Waals surface area contributed by atoms with E-state index in [2.05, 4.69) is 10.4 Å². The largest absolute Gasteiger partial charge is 0.480 e.